The Morgan fingerprint density at radius 1 is 0.500 bits per heavy atom. The number of aryl methyl sites for hydroxylation is 4. The van der Waals surface area contributed by atoms with Crippen LogP contribution < -0.4 is 0 Å². The minimum atomic E-state index is 0.454. The highest BCUT2D eigenvalue weighted by Gasteiger charge is 2.14. The van der Waals surface area contributed by atoms with Crippen molar-refractivity contribution in [3.05, 3.63) is 42.5 Å². The lowest BCUT2D eigenvalue weighted by atomic mass is 10.1. The molecule has 0 unspecified atom stereocenters. The second kappa shape index (κ2) is 11.6. The lowest BCUT2D eigenvalue weighted by molar-refractivity contribution is 0.444. The number of tetrazole rings is 4. The van der Waals surface area contributed by atoms with E-state index >= 15 is 0 Å². The van der Waals surface area contributed by atoms with E-state index in [2.05, 4.69) is 66.7 Å². The highest BCUT2D eigenvalue weighted by molar-refractivity contribution is 5.65. The van der Waals surface area contributed by atoms with Crippen LogP contribution in [0.5, 0.6) is 0 Å². The molecule has 0 aliphatic carbocycles. The smallest absolute Gasteiger partial charge is 0.223 e. The molecule has 0 atom stereocenters. The van der Waals surface area contributed by atoms with E-state index in [1.165, 1.54) is 0 Å². The fraction of sp³-hybridized carbons (Fsp3) is 0.400. The zero-order valence-electron chi connectivity index (χ0n) is 22.7. The van der Waals surface area contributed by atoms with Gasteiger partial charge in [0.05, 0.1) is 19.6 Å². The number of pyridine rings is 1. The second-order valence-electron chi connectivity index (χ2n) is 9.96. The predicted octanol–water partition coefficient (Wildman–Crippen LogP) is 1.75. The van der Waals surface area contributed by atoms with E-state index in [1.807, 2.05) is 47.1 Å². The molecular formula is C25H27N17. The Morgan fingerprint density at radius 2 is 1.05 bits per heavy atom. The van der Waals surface area contributed by atoms with Gasteiger partial charge in [-0.3, -0.25) is 0 Å². The Morgan fingerprint density at radius 3 is 1.71 bits per heavy atom. The highest BCUT2D eigenvalue weighted by atomic mass is 15.6. The molecule has 17 nitrogen and oxygen atoms in total. The van der Waals surface area contributed by atoms with Gasteiger partial charge in [-0.15, -0.1) is 35.7 Å². The van der Waals surface area contributed by atoms with Crippen LogP contribution in [0.25, 0.3) is 45.8 Å². The van der Waals surface area contributed by atoms with Gasteiger partial charge in [0.2, 0.25) is 17.5 Å². The third-order valence-electron chi connectivity index (χ3n) is 6.92. The minimum Gasteiger partial charge on any atom is -0.241 e. The van der Waals surface area contributed by atoms with E-state index in [9.17, 15) is 0 Å². The molecule has 0 amide bonds. The fourth-order valence-corrected chi connectivity index (χ4v) is 4.75. The summed E-state index contributed by atoms with van der Waals surface area (Å²) in [5.41, 5.74) is 2.96. The molecule has 10 bridgehead atoms. The summed E-state index contributed by atoms with van der Waals surface area (Å²) in [5, 5.41) is 51.3. The lowest BCUT2D eigenvalue weighted by Crippen LogP contribution is -2.06. The molecule has 17 heteroatoms. The van der Waals surface area contributed by atoms with E-state index in [-0.39, 0.29) is 0 Å². The number of benzene rings is 1. The Balaban J connectivity index is 1.11. The first-order valence-electron chi connectivity index (χ1n) is 14.0. The maximum atomic E-state index is 4.65. The average Bonchev–Trinajstić information content (AvgIpc) is 3.84. The monoisotopic (exact) mass is 565 g/mol. The SMILES string of the molecule is c1cc2cc(c1)-c1nnnn1CCCCCn1nnc(n1)-c1cccc(n1)-c1nnn(n1)CCCCCn1nnc-2n1. The molecule has 1 aliphatic heterocycles. The molecule has 6 heterocycles. The van der Waals surface area contributed by atoms with Crippen molar-refractivity contribution in [2.24, 2.45) is 0 Å². The first-order chi connectivity index (χ1) is 20.8. The quantitative estimate of drug-likeness (QED) is 0.259. The van der Waals surface area contributed by atoms with Crippen molar-refractivity contribution in [1.82, 2.24) is 85.8 Å². The first kappa shape index (κ1) is 25.6. The number of fused-ring (bicyclic) bond motifs is 15. The molecule has 0 saturated carbocycles. The number of aromatic nitrogens is 17. The molecule has 7 rings (SSSR count). The lowest BCUT2D eigenvalue weighted by Gasteiger charge is -2.06. The van der Waals surface area contributed by atoms with Gasteiger partial charge < -0.3 is 0 Å². The first-order valence-corrected chi connectivity index (χ1v) is 14.0. The van der Waals surface area contributed by atoms with E-state index in [1.54, 1.807) is 14.4 Å². The highest BCUT2D eigenvalue weighted by Crippen LogP contribution is 2.23. The second-order valence-corrected chi connectivity index (χ2v) is 9.96. The van der Waals surface area contributed by atoms with Crippen molar-refractivity contribution in [3.8, 4) is 45.8 Å². The molecule has 6 aromatic rings. The van der Waals surface area contributed by atoms with Crippen molar-refractivity contribution in [2.45, 2.75) is 64.7 Å². The van der Waals surface area contributed by atoms with Crippen LogP contribution in [0.1, 0.15) is 38.5 Å². The topological polar surface area (TPSA) is 187 Å². The summed E-state index contributed by atoms with van der Waals surface area (Å²) in [6, 6.07) is 13.5. The van der Waals surface area contributed by atoms with Gasteiger partial charge in [-0.2, -0.15) is 14.4 Å². The van der Waals surface area contributed by atoms with Gasteiger partial charge in [0, 0.05) is 17.7 Å². The average molecular weight is 566 g/mol. The van der Waals surface area contributed by atoms with Crippen molar-refractivity contribution >= 4 is 0 Å². The molecule has 0 saturated heterocycles. The van der Waals surface area contributed by atoms with Gasteiger partial charge in [0.25, 0.3) is 0 Å². The third kappa shape index (κ3) is 5.61. The van der Waals surface area contributed by atoms with Crippen LogP contribution in [0.2, 0.25) is 0 Å². The van der Waals surface area contributed by atoms with Gasteiger partial charge in [-0.05, 0) is 82.8 Å². The Bertz CT molecular complexity index is 1780. The van der Waals surface area contributed by atoms with Crippen LogP contribution in [0.3, 0.4) is 0 Å². The van der Waals surface area contributed by atoms with Gasteiger partial charge in [-0.1, -0.05) is 24.3 Å². The van der Waals surface area contributed by atoms with Gasteiger partial charge in [-0.25, -0.2) is 9.67 Å². The molecule has 42 heavy (non-hydrogen) atoms. The van der Waals surface area contributed by atoms with Crippen molar-refractivity contribution in [1.29, 1.82) is 0 Å². The predicted molar refractivity (Wildman–Crippen MR) is 146 cm³/mol. The zero-order valence-corrected chi connectivity index (χ0v) is 22.7. The Hall–Kier alpha value is -5.35. The van der Waals surface area contributed by atoms with Crippen LogP contribution in [-0.4, -0.2) is 85.8 Å². The summed E-state index contributed by atoms with van der Waals surface area (Å²) in [7, 11) is 0. The summed E-state index contributed by atoms with van der Waals surface area (Å²) in [6.07, 6.45) is 5.44. The van der Waals surface area contributed by atoms with Crippen LogP contribution in [0.4, 0.5) is 0 Å². The molecule has 0 spiro atoms. The number of hydrogen-bond acceptors (Lipinski definition) is 13. The van der Waals surface area contributed by atoms with Crippen molar-refractivity contribution in [2.75, 3.05) is 0 Å². The molecule has 1 aliphatic rings. The zero-order chi connectivity index (χ0) is 28.1. The molecule has 0 fully saturated rings. The van der Waals surface area contributed by atoms with Crippen LogP contribution in [0.15, 0.2) is 42.5 Å². The summed E-state index contributed by atoms with van der Waals surface area (Å²) in [6.45, 7) is 2.63. The summed E-state index contributed by atoms with van der Waals surface area (Å²) in [5.74, 6) is 2.18. The maximum Gasteiger partial charge on any atom is 0.223 e. The number of hydrogen-bond donors (Lipinski definition) is 0. The van der Waals surface area contributed by atoms with E-state index < -0.39 is 0 Å². The van der Waals surface area contributed by atoms with E-state index in [0.29, 0.717) is 60.9 Å². The van der Waals surface area contributed by atoms with Gasteiger partial charge >= 0.3 is 0 Å². The largest absolute Gasteiger partial charge is 0.241 e. The Labute approximate surface area is 239 Å². The summed E-state index contributed by atoms with van der Waals surface area (Å²) >= 11 is 0. The molecule has 0 N–H and O–H groups in total. The van der Waals surface area contributed by atoms with E-state index in [4.69, 9.17) is 0 Å². The summed E-state index contributed by atoms with van der Waals surface area (Å²) < 4.78 is 1.83. The molecule has 212 valence electrons. The number of rotatable bonds is 0. The minimum absolute atomic E-state index is 0.454. The van der Waals surface area contributed by atoms with Gasteiger partial charge in [0.15, 0.2) is 5.82 Å². The van der Waals surface area contributed by atoms with Crippen molar-refractivity contribution in [3.63, 3.8) is 0 Å². The van der Waals surface area contributed by atoms with Crippen LogP contribution >= 0.6 is 0 Å². The Kier molecular flexibility index (Phi) is 7.09. The van der Waals surface area contributed by atoms with Crippen molar-refractivity contribution < 1.29 is 0 Å². The molecule has 5 aromatic heterocycles. The summed E-state index contributed by atoms with van der Waals surface area (Å²) in [4.78, 5) is 9.49. The van der Waals surface area contributed by atoms with Gasteiger partial charge in [0.1, 0.15) is 11.4 Å². The maximum absolute atomic E-state index is 4.65. The van der Waals surface area contributed by atoms with Crippen LogP contribution in [-0.2, 0) is 26.2 Å². The fourth-order valence-electron chi connectivity index (χ4n) is 4.75. The van der Waals surface area contributed by atoms with E-state index in [0.717, 1.165) is 49.7 Å². The molecule has 1 aromatic carbocycles. The third-order valence-corrected chi connectivity index (χ3v) is 6.92. The normalized spacial score (nSPS) is 14.7. The molecule has 0 radical (unpaired) electrons. The molecular weight excluding hydrogens is 538 g/mol. The standard InChI is InChI=1S/C25H27N17/c1-3-13-39-25(30-34-38-39)19-10-7-9-18(17-19)22-27-35-40(31-22)14-5-2-6-16-42-33-24(29-37-42)21-12-8-11-20(26-21)23-28-36-41(32-23)15-4-1/h7-12,17H,1-6,13-16H2. The van der Waals surface area contributed by atoms with Crippen LogP contribution in [0, 0.1) is 0 Å². The number of nitrogens with zero attached hydrogens (tertiary/aromatic N) is 17.